The highest BCUT2D eigenvalue weighted by atomic mass is 16.2. The first-order valence-electron chi connectivity index (χ1n) is 9.02. The van der Waals surface area contributed by atoms with E-state index in [9.17, 15) is 4.79 Å². The summed E-state index contributed by atoms with van der Waals surface area (Å²) >= 11 is 0. The highest BCUT2D eigenvalue weighted by Gasteiger charge is 2.38. The van der Waals surface area contributed by atoms with Gasteiger partial charge in [0.2, 0.25) is 0 Å². The molecule has 0 fully saturated rings. The molecule has 130 valence electrons. The van der Waals surface area contributed by atoms with Crippen molar-refractivity contribution >= 4 is 17.3 Å². The number of hydrogen-bond acceptors (Lipinski definition) is 2. The van der Waals surface area contributed by atoms with Crippen LogP contribution in [0.3, 0.4) is 0 Å². The lowest BCUT2D eigenvalue weighted by molar-refractivity contribution is 0.0993. The first-order chi connectivity index (χ1) is 12.7. The summed E-state index contributed by atoms with van der Waals surface area (Å²) in [4.78, 5) is 15.0. The molecule has 0 saturated carbocycles. The number of aryl methyl sites for hydroxylation is 2. The van der Waals surface area contributed by atoms with Gasteiger partial charge in [-0.15, -0.1) is 0 Å². The van der Waals surface area contributed by atoms with Gasteiger partial charge in [-0.25, -0.2) is 0 Å². The summed E-state index contributed by atoms with van der Waals surface area (Å²) in [7, 11) is 0. The Hall–Kier alpha value is -3.07. The Kier molecular flexibility index (Phi) is 4.21. The maximum absolute atomic E-state index is 13.1. The summed E-state index contributed by atoms with van der Waals surface area (Å²) in [6.45, 7) is 4.19. The number of anilines is 2. The van der Waals surface area contributed by atoms with Crippen molar-refractivity contribution in [3.8, 4) is 0 Å². The van der Waals surface area contributed by atoms with E-state index in [1.165, 1.54) is 5.56 Å². The van der Waals surface area contributed by atoms with Gasteiger partial charge >= 0.3 is 0 Å². The fourth-order valence-electron chi connectivity index (χ4n) is 3.54. The zero-order chi connectivity index (χ0) is 18.1. The maximum Gasteiger partial charge on any atom is 0.260 e. The second kappa shape index (κ2) is 6.68. The minimum atomic E-state index is -0.215. The van der Waals surface area contributed by atoms with Gasteiger partial charge < -0.3 is 5.32 Å². The van der Waals surface area contributed by atoms with Crippen molar-refractivity contribution in [2.45, 2.75) is 26.4 Å². The summed E-state index contributed by atoms with van der Waals surface area (Å²) < 4.78 is 0. The monoisotopic (exact) mass is 342 g/mol. The van der Waals surface area contributed by atoms with E-state index >= 15 is 0 Å². The average molecular weight is 342 g/mol. The maximum atomic E-state index is 13.1. The molecule has 1 heterocycles. The van der Waals surface area contributed by atoms with Crippen LogP contribution < -0.4 is 10.2 Å². The Balaban J connectivity index is 1.77. The molecule has 3 heteroatoms. The molecule has 0 saturated heterocycles. The number of carbonyl (C=O) groups excluding carboxylic acids is 1. The zero-order valence-corrected chi connectivity index (χ0v) is 15.1. The third kappa shape index (κ3) is 2.76. The number of benzene rings is 3. The highest BCUT2D eigenvalue weighted by molar-refractivity contribution is 6.11. The normalized spacial score (nSPS) is 15.8. The smallest absolute Gasteiger partial charge is 0.260 e. The molecule has 0 aromatic heterocycles. The molecular weight excluding hydrogens is 320 g/mol. The summed E-state index contributed by atoms with van der Waals surface area (Å²) in [5, 5.41) is 3.56. The first kappa shape index (κ1) is 16.4. The summed E-state index contributed by atoms with van der Waals surface area (Å²) in [5.74, 6) is 0.0394. The molecule has 0 bridgehead atoms. The summed E-state index contributed by atoms with van der Waals surface area (Å²) in [5.41, 5.74) is 6.11. The molecule has 1 aliphatic rings. The molecule has 1 aliphatic heterocycles. The van der Waals surface area contributed by atoms with Crippen LogP contribution in [-0.4, -0.2) is 5.91 Å². The topological polar surface area (TPSA) is 32.3 Å². The van der Waals surface area contributed by atoms with E-state index in [4.69, 9.17) is 0 Å². The molecule has 3 nitrogen and oxygen atoms in total. The SMILES string of the molecule is CCc1ccc(N[C@H]2c3ccccc3C(=O)N2c2ccccc2C)cc1. The second-order valence-electron chi connectivity index (χ2n) is 6.65. The first-order valence-corrected chi connectivity index (χ1v) is 9.02. The van der Waals surface area contributed by atoms with Gasteiger partial charge in [-0.1, -0.05) is 55.5 Å². The van der Waals surface area contributed by atoms with E-state index in [0.29, 0.717) is 0 Å². The van der Waals surface area contributed by atoms with Gasteiger partial charge in [0.25, 0.3) is 5.91 Å². The van der Waals surface area contributed by atoms with E-state index < -0.39 is 0 Å². The van der Waals surface area contributed by atoms with Crippen molar-refractivity contribution in [3.05, 3.63) is 95.1 Å². The molecule has 1 atom stereocenters. The van der Waals surface area contributed by atoms with Crippen molar-refractivity contribution in [3.63, 3.8) is 0 Å². The quantitative estimate of drug-likeness (QED) is 0.695. The fraction of sp³-hybridized carbons (Fsp3) is 0.174. The number of hydrogen-bond donors (Lipinski definition) is 1. The van der Waals surface area contributed by atoms with Crippen LogP contribution in [-0.2, 0) is 6.42 Å². The van der Waals surface area contributed by atoms with Crippen molar-refractivity contribution in [1.29, 1.82) is 0 Å². The molecule has 0 spiro atoms. The van der Waals surface area contributed by atoms with Crippen LogP contribution in [0, 0.1) is 6.92 Å². The molecular formula is C23H22N2O. The molecule has 4 rings (SSSR count). The predicted molar refractivity (Wildman–Crippen MR) is 107 cm³/mol. The third-order valence-electron chi connectivity index (χ3n) is 5.00. The molecule has 1 N–H and O–H groups in total. The molecule has 26 heavy (non-hydrogen) atoms. The zero-order valence-electron chi connectivity index (χ0n) is 15.1. The Labute approximate surface area is 154 Å². The van der Waals surface area contributed by atoms with E-state index in [2.05, 4.69) is 36.5 Å². The lowest BCUT2D eigenvalue weighted by Crippen LogP contribution is -2.32. The largest absolute Gasteiger partial charge is 0.361 e. The van der Waals surface area contributed by atoms with Crippen LogP contribution in [0.4, 0.5) is 11.4 Å². The van der Waals surface area contributed by atoms with Crippen molar-refractivity contribution in [2.24, 2.45) is 0 Å². The van der Waals surface area contributed by atoms with E-state index in [1.54, 1.807) is 0 Å². The number of amides is 1. The lowest BCUT2D eigenvalue weighted by Gasteiger charge is -2.28. The molecule has 3 aromatic rings. The van der Waals surface area contributed by atoms with E-state index in [-0.39, 0.29) is 12.1 Å². The Bertz CT molecular complexity index is 946. The van der Waals surface area contributed by atoms with Crippen molar-refractivity contribution in [1.82, 2.24) is 0 Å². The van der Waals surface area contributed by atoms with Crippen LogP contribution in [0.15, 0.2) is 72.8 Å². The number of para-hydroxylation sites is 1. The summed E-state index contributed by atoms with van der Waals surface area (Å²) in [6.07, 6.45) is 0.799. The van der Waals surface area contributed by atoms with Gasteiger partial charge in [0.15, 0.2) is 0 Å². The summed E-state index contributed by atoms with van der Waals surface area (Å²) in [6, 6.07) is 24.3. The minimum Gasteiger partial charge on any atom is -0.361 e. The second-order valence-corrected chi connectivity index (χ2v) is 6.65. The van der Waals surface area contributed by atoms with Gasteiger partial charge in [0.05, 0.1) is 0 Å². The van der Waals surface area contributed by atoms with Crippen molar-refractivity contribution in [2.75, 3.05) is 10.2 Å². The molecule has 1 amide bonds. The van der Waals surface area contributed by atoms with Gasteiger partial charge in [-0.05, 0) is 48.7 Å². The van der Waals surface area contributed by atoms with Gasteiger partial charge in [-0.3, -0.25) is 9.69 Å². The van der Waals surface area contributed by atoms with Crippen LogP contribution in [0.2, 0.25) is 0 Å². The average Bonchev–Trinajstić information content (AvgIpc) is 2.95. The standard InChI is InChI=1S/C23H22N2O/c1-3-17-12-14-18(15-13-17)24-22-19-9-5-6-10-20(19)23(26)25(22)21-11-7-4-8-16(21)2/h4-15,22,24H,3H2,1-2H3/t22-/m1/s1. The third-order valence-corrected chi connectivity index (χ3v) is 5.00. The molecule has 0 radical (unpaired) electrons. The van der Waals surface area contributed by atoms with Crippen LogP contribution in [0.25, 0.3) is 0 Å². The number of nitrogens with zero attached hydrogens (tertiary/aromatic N) is 1. The predicted octanol–water partition coefficient (Wildman–Crippen LogP) is 5.33. The molecule has 3 aromatic carbocycles. The Morgan fingerprint density at radius 2 is 1.62 bits per heavy atom. The van der Waals surface area contributed by atoms with Gasteiger partial charge in [0, 0.05) is 22.5 Å². The Morgan fingerprint density at radius 3 is 2.35 bits per heavy atom. The molecule has 0 unspecified atom stereocenters. The number of nitrogens with one attached hydrogen (secondary N) is 1. The van der Waals surface area contributed by atoms with Crippen LogP contribution in [0.1, 0.15) is 40.1 Å². The number of fused-ring (bicyclic) bond motifs is 1. The Morgan fingerprint density at radius 1 is 0.923 bits per heavy atom. The fourth-order valence-corrected chi connectivity index (χ4v) is 3.54. The minimum absolute atomic E-state index is 0.0394. The number of rotatable bonds is 4. The van der Waals surface area contributed by atoms with Crippen LogP contribution in [0.5, 0.6) is 0 Å². The van der Waals surface area contributed by atoms with E-state index in [0.717, 1.165) is 34.5 Å². The van der Waals surface area contributed by atoms with Gasteiger partial charge in [-0.2, -0.15) is 0 Å². The van der Waals surface area contributed by atoms with Gasteiger partial charge in [0.1, 0.15) is 6.17 Å². The highest BCUT2D eigenvalue weighted by Crippen LogP contribution is 2.39. The molecule has 0 aliphatic carbocycles. The van der Waals surface area contributed by atoms with E-state index in [1.807, 2.05) is 60.4 Å². The van der Waals surface area contributed by atoms with Crippen LogP contribution >= 0.6 is 0 Å². The van der Waals surface area contributed by atoms with Crippen molar-refractivity contribution < 1.29 is 4.79 Å². The lowest BCUT2D eigenvalue weighted by atomic mass is 10.1. The number of carbonyl (C=O) groups is 1.